The van der Waals surface area contributed by atoms with Crippen LogP contribution in [0.2, 0.25) is 0 Å². The lowest BCUT2D eigenvalue weighted by atomic mass is 10.2. The lowest BCUT2D eigenvalue weighted by Crippen LogP contribution is -2.30. The van der Waals surface area contributed by atoms with Gasteiger partial charge in [-0.25, -0.2) is 4.79 Å². The predicted molar refractivity (Wildman–Crippen MR) is 61.1 cm³/mol. The van der Waals surface area contributed by atoms with Crippen LogP contribution in [0.25, 0.3) is 10.1 Å². The van der Waals surface area contributed by atoms with Gasteiger partial charge in [0.15, 0.2) is 0 Å². The molecule has 0 spiro atoms. The first-order valence-electron chi connectivity index (χ1n) is 4.62. The predicted octanol–water partition coefficient (Wildman–Crippen LogP) is 2.15. The number of carbonyl (C=O) groups is 1. The Bertz CT molecular complexity index is 490. The Morgan fingerprint density at radius 2 is 2.20 bits per heavy atom. The fourth-order valence-corrected chi connectivity index (χ4v) is 2.10. The molecule has 2 rings (SSSR count). The van der Waals surface area contributed by atoms with E-state index in [4.69, 9.17) is 10.5 Å². The van der Waals surface area contributed by atoms with E-state index in [2.05, 4.69) is 0 Å². The number of carbonyl (C=O) groups excluding carboxylic acids is 1. The molecule has 0 fully saturated rings. The third kappa shape index (κ3) is 2.00. The van der Waals surface area contributed by atoms with Gasteiger partial charge in [0.1, 0.15) is 11.8 Å². The van der Waals surface area contributed by atoms with Crippen LogP contribution in [0.5, 0.6) is 5.75 Å². The average Bonchev–Trinajstić information content (AvgIpc) is 2.62. The lowest BCUT2D eigenvalue weighted by molar-refractivity contribution is -0.135. The van der Waals surface area contributed by atoms with Crippen LogP contribution in [-0.4, -0.2) is 12.0 Å². The van der Waals surface area contributed by atoms with Crippen molar-refractivity contribution in [3.63, 3.8) is 0 Å². The summed E-state index contributed by atoms with van der Waals surface area (Å²) in [5.74, 6) is 0.191. The Kier molecular flexibility index (Phi) is 2.70. The molecule has 78 valence electrons. The van der Waals surface area contributed by atoms with E-state index in [9.17, 15) is 4.79 Å². The van der Waals surface area contributed by atoms with Crippen molar-refractivity contribution < 1.29 is 9.53 Å². The highest BCUT2D eigenvalue weighted by Crippen LogP contribution is 2.31. The molecule has 15 heavy (non-hydrogen) atoms. The molecule has 2 aromatic rings. The number of nitrogens with two attached hydrogens (primary N) is 1. The molecule has 0 aliphatic heterocycles. The zero-order valence-corrected chi connectivity index (χ0v) is 9.08. The van der Waals surface area contributed by atoms with Crippen molar-refractivity contribution >= 4 is 27.4 Å². The number of hydrogen-bond acceptors (Lipinski definition) is 4. The molecule has 1 aromatic heterocycles. The van der Waals surface area contributed by atoms with E-state index >= 15 is 0 Å². The van der Waals surface area contributed by atoms with Gasteiger partial charge < -0.3 is 10.5 Å². The van der Waals surface area contributed by atoms with Gasteiger partial charge in [0.25, 0.3) is 0 Å². The fourth-order valence-electron chi connectivity index (χ4n) is 1.23. The van der Waals surface area contributed by atoms with Crippen LogP contribution in [0.3, 0.4) is 0 Å². The first-order valence-corrected chi connectivity index (χ1v) is 5.50. The summed E-state index contributed by atoms with van der Waals surface area (Å²) in [5, 5.41) is 2.78. The minimum atomic E-state index is -0.594. The number of thiophene rings is 1. The zero-order valence-electron chi connectivity index (χ0n) is 8.27. The van der Waals surface area contributed by atoms with Crippen molar-refractivity contribution in [3.05, 3.63) is 29.6 Å². The number of benzene rings is 1. The van der Waals surface area contributed by atoms with Crippen LogP contribution >= 0.6 is 11.3 Å². The summed E-state index contributed by atoms with van der Waals surface area (Å²) in [6, 6.07) is 7.19. The largest absolute Gasteiger partial charge is 0.424 e. The van der Waals surface area contributed by atoms with Crippen molar-refractivity contribution in [2.45, 2.75) is 13.0 Å². The molecule has 1 atom stereocenters. The monoisotopic (exact) mass is 221 g/mol. The molecule has 4 heteroatoms. The number of hydrogen-bond donors (Lipinski definition) is 1. The fraction of sp³-hybridized carbons (Fsp3) is 0.182. The van der Waals surface area contributed by atoms with Crippen LogP contribution in [0.4, 0.5) is 0 Å². The molecule has 0 aliphatic rings. The lowest BCUT2D eigenvalue weighted by Gasteiger charge is -2.04. The van der Waals surface area contributed by atoms with E-state index < -0.39 is 12.0 Å². The first-order chi connectivity index (χ1) is 7.18. The molecule has 3 nitrogen and oxygen atoms in total. The van der Waals surface area contributed by atoms with E-state index in [0.717, 1.165) is 10.1 Å². The van der Waals surface area contributed by atoms with Crippen molar-refractivity contribution in [3.8, 4) is 5.75 Å². The third-order valence-electron chi connectivity index (χ3n) is 2.03. The summed E-state index contributed by atoms with van der Waals surface area (Å²) >= 11 is 1.55. The molecule has 0 amide bonds. The van der Waals surface area contributed by atoms with Crippen LogP contribution in [0.1, 0.15) is 6.92 Å². The molecule has 0 radical (unpaired) electrons. The van der Waals surface area contributed by atoms with Gasteiger partial charge in [0.05, 0.1) is 0 Å². The maximum absolute atomic E-state index is 11.3. The molecular formula is C11H11NO2S. The Labute approximate surface area is 91.5 Å². The normalized spacial score (nSPS) is 12.7. The Morgan fingerprint density at radius 1 is 1.47 bits per heavy atom. The van der Waals surface area contributed by atoms with Gasteiger partial charge >= 0.3 is 5.97 Å². The van der Waals surface area contributed by atoms with Crippen molar-refractivity contribution in [1.29, 1.82) is 0 Å². The zero-order chi connectivity index (χ0) is 10.8. The van der Waals surface area contributed by atoms with Crippen molar-refractivity contribution in [1.82, 2.24) is 0 Å². The summed E-state index contributed by atoms with van der Waals surface area (Å²) in [7, 11) is 0. The van der Waals surface area contributed by atoms with Gasteiger partial charge in [-0.05, 0) is 19.1 Å². The van der Waals surface area contributed by atoms with Gasteiger partial charge in [-0.1, -0.05) is 12.1 Å². The van der Waals surface area contributed by atoms with Gasteiger partial charge in [-0.2, -0.15) is 0 Å². The van der Waals surface area contributed by atoms with Crippen LogP contribution in [0.15, 0.2) is 29.6 Å². The molecule has 0 saturated carbocycles. The highest BCUT2D eigenvalue weighted by molar-refractivity contribution is 7.17. The topological polar surface area (TPSA) is 52.3 Å². The smallest absolute Gasteiger partial charge is 0.328 e. The van der Waals surface area contributed by atoms with E-state index in [1.807, 2.05) is 29.6 Å². The minimum Gasteiger partial charge on any atom is -0.424 e. The standard InChI is InChI=1S/C11H11NO2S/c1-7(12)11(13)14-9-6-15-10-5-3-2-4-8(9)10/h2-7H,12H2,1H3/t7-/m1/s1. The summed E-state index contributed by atoms with van der Waals surface area (Å²) < 4.78 is 6.28. The van der Waals surface area contributed by atoms with Crippen LogP contribution < -0.4 is 10.5 Å². The average molecular weight is 221 g/mol. The molecule has 0 bridgehead atoms. The molecule has 0 saturated heterocycles. The van der Waals surface area contributed by atoms with E-state index in [0.29, 0.717) is 5.75 Å². The summed E-state index contributed by atoms with van der Waals surface area (Å²) in [5.41, 5.74) is 5.43. The molecule has 0 aliphatic carbocycles. The third-order valence-corrected chi connectivity index (χ3v) is 2.97. The highest BCUT2D eigenvalue weighted by Gasteiger charge is 2.12. The van der Waals surface area contributed by atoms with Gasteiger partial charge in [0, 0.05) is 15.5 Å². The SMILES string of the molecule is C[C@@H](N)C(=O)Oc1csc2ccccc12. The number of esters is 1. The van der Waals surface area contributed by atoms with Gasteiger partial charge in [-0.15, -0.1) is 11.3 Å². The van der Waals surface area contributed by atoms with Gasteiger partial charge in [0.2, 0.25) is 0 Å². The van der Waals surface area contributed by atoms with Crippen LogP contribution in [-0.2, 0) is 4.79 Å². The maximum atomic E-state index is 11.3. The Balaban J connectivity index is 2.33. The summed E-state index contributed by atoms with van der Waals surface area (Å²) in [4.78, 5) is 11.3. The maximum Gasteiger partial charge on any atom is 0.328 e. The van der Waals surface area contributed by atoms with E-state index in [-0.39, 0.29) is 0 Å². The van der Waals surface area contributed by atoms with Crippen LogP contribution in [0, 0.1) is 0 Å². The van der Waals surface area contributed by atoms with E-state index in [1.165, 1.54) is 0 Å². The van der Waals surface area contributed by atoms with Crippen molar-refractivity contribution in [2.75, 3.05) is 0 Å². The van der Waals surface area contributed by atoms with E-state index in [1.54, 1.807) is 18.3 Å². The molecule has 1 heterocycles. The number of fused-ring (bicyclic) bond motifs is 1. The molecule has 2 N–H and O–H groups in total. The summed E-state index contributed by atoms with van der Waals surface area (Å²) in [6.45, 7) is 1.61. The minimum absolute atomic E-state index is 0.404. The number of rotatable bonds is 2. The Morgan fingerprint density at radius 3 is 2.93 bits per heavy atom. The van der Waals surface area contributed by atoms with Gasteiger partial charge in [-0.3, -0.25) is 0 Å². The quantitative estimate of drug-likeness (QED) is 0.790. The summed E-state index contributed by atoms with van der Waals surface area (Å²) in [6.07, 6.45) is 0. The molecule has 1 aromatic carbocycles. The second-order valence-electron chi connectivity index (χ2n) is 3.31. The second-order valence-corrected chi connectivity index (χ2v) is 4.22. The second kappa shape index (κ2) is 4.00. The first kappa shape index (κ1) is 10.1. The molecule has 0 unspecified atom stereocenters. The Hall–Kier alpha value is -1.39. The highest BCUT2D eigenvalue weighted by atomic mass is 32.1. The molecular weight excluding hydrogens is 210 g/mol. The van der Waals surface area contributed by atoms with Crippen molar-refractivity contribution in [2.24, 2.45) is 5.73 Å². The number of ether oxygens (including phenoxy) is 1.